The molecule has 0 fully saturated rings. The number of nitrogens with zero attached hydrogens (tertiary/aromatic N) is 2. The number of halogens is 1. The first-order valence-corrected chi connectivity index (χ1v) is 6.04. The molecule has 0 unspecified atom stereocenters. The Bertz CT molecular complexity index is 678. The van der Waals surface area contributed by atoms with Gasteiger partial charge in [0.2, 0.25) is 0 Å². The smallest absolute Gasteiger partial charge is 0.312 e. The molecule has 0 atom stereocenters. The number of nitro groups is 1. The summed E-state index contributed by atoms with van der Waals surface area (Å²) in [7, 11) is 0. The van der Waals surface area contributed by atoms with Gasteiger partial charge in [-0.1, -0.05) is 23.7 Å². The summed E-state index contributed by atoms with van der Waals surface area (Å²) < 4.78 is 5.43. The molecule has 100 valence electrons. The standard InChI is InChI=1S/C14H9ClN2O3/c15-12-4-1-10(2-5-12)9-20-14-6-3-11(8-16)7-13(14)17(18)19/h1-7H,9H2. The van der Waals surface area contributed by atoms with E-state index in [4.69, 9.17) is 21.6 Å². The number of nitro benzene ring substituents is 1. The monoisotopic (exact) mass is 288 g/mol. The van der Waals surface area contributed by atoms with E-state index in [0.717, 1.165) is 5.56 Å². The lowest BCUT2D eigenvalue weighted by atomic mass is 10.2. The van der Waals surface area contributed by atoms with Crippen LogP contribution in [0.15, 0.2) is 42.5 Å². The number of hydrogen-bond acceptors (Lipinski definition) is 4. The Morgan fingerprint density at radius 3 is 2.55 bits per heavy atom. The zero-order valence-electron chi connectivity index (χ0n) is 10.2. The highest BCUT2D eigenvalue weighted by Gasteiger charge is 2.16. The van der Waals surface area contributed by atoms with Crippen LogP contribution in [0.2, 0.25) is 5.02 Å². The van der Waals surface area contributed by atoms with E-state index in [2.05, 4.69) is 0 Å². The molecule has 0 saturated heterocycles. The molecule has 0 bridgehead atoms. The van der Waals surface area contributed by atoms with Gasteiger partial charge in [0, 0.05) is 11.1 Å². The third-order valence-electron chi connectivity index (χ3n) is 2.59. The van der Waals surface area contributed by atoms with Gasteiger partial charge < -0.3 is 4.74 Å². The second-order valence-electron chi connectivity index (χ2n) is 3.97. The first-order chi connectivity index (χ1) is 9.60. The molecular formula is C14H9ClN2O3. The minimum Gasteiger partial charge on any atom is -0.482 e. The Kier molecular flexibility index (Phi) is 4.18. The van der Waals surface area contributed by atoms with Crippen molar-refractivity contribution in [2.45, 2.75) is 6.61 Å². The average Bonchev–Trinajstić information content (AvgIpc) is 2.46. The van der Waals surface area contributed by atoms with Crippen molar-refractivity contribution in [1.82, 2.24) is 0 Å². The SMILES string of the molecule is N#Cc1ccc(OCc2ccc(Cl)cc2)c([N+](=O)[O-])c1. The minimum atomic E-state index is -0.571. The third kappa shape index (κ3) is 3.25. The molecule has 0 radical (unpaired) electrons. The maximum Gasteiger partial charge on any atom is 0.312 e. The summed E-state index contributed by atoms with van der Waals surface area (Å²) in [5, 5.41) is 20.3. The summed E-state index contributed by atoms with van der Waals surface area (Å²) in [6.45, 7) is 0.184. The normalized spacial score (nSPS) is 9.80. The highest BCUT2D eigenvalue weighted by atomic mass is 35.5. The van der Waals surface area contributed by atoms with E-state index in [0.29, 0.717) is 5.02 Å². The number of benzene rings is 2. The topological polar surface area (TPSA) is 76.2 Å². The fourth-order valence-electron chi connectivity index (χ4n) is 1.59. The molecule has 0 aromatic heterocycles. The van der Waals surface area contributed by atoms with Crippen LogP contribution in [0.25, 0.3) is 0 Å². The molecule has 20 heavy (non-hydrogen) atoms. The van der Waals surface area contributed by atoms with Crippen LogP contribution in [0.4, 0.5) is 5.69 Å². The quantitative estimate of drug-likeness (QED) is 0.635. The van der Waals surface area contributed by atoms with Gasteiger partial charge in [-0.3, -0.25) is 10.1 Å². The minimum absolute atomic E-state index is 0.129. The molecule has 0 heterocycles. The van der Waals surface area contributed by atoms with E-state index in [1.165, 1.54) is 18.2 Å². The molecule has 0 amide bonds. The van der Waals surface area contributed by atoms with E-state index < -0.39 is 4.92 Å². The Morgan fingerprint density at radius 2 is 1.95 bits per heavy atom. The van der Waals surface area contributed by atoms with E-state index in [-0.39, 0.29) is 23.6 Å². The Hall–Kier alpha value is -2.58. The van der Waals surface area contributed by atoms with Crippen molar-refractivity contribution >= 4 is 17.3 Å². The van der Waals surface area contributed by atoms with Crippen LogP contribution in [-0.4, -0.2) is 4.92 Å². The molecule has 0 N–H and O–H groups in total. The maximum atomic E-state index is 10.9. The first kappa shape index (κ1) is 13.8. The summed E-state index contributed by atoms with van der Waals surface area (Å²) in [6.07, 6.45) is 0. The predicted octanol–water partition coefficient (Wildman–Crippen LogP) is 3.70. The van der Waals surface area contributed by atoms with Crippen LogP contribution in [0, 0.1) is 21.4 Å². The fourth-order valence-corrected chi connectivity index (χ4v) is 1.72. The second kappa shape index (κ2) is 6.04. The number of ether oxygens (including phenoxy) is 1. The van der Waals surface area contributed by atoms with Gasteiger partial charge in [0.05, 0.1) is 16.6 Å². The molecule has 5 nitrogen and oxygen atoms in total. The highest BCUT2D eigenvalue weighted by molar-refractivity contribution is 6.30. The van der Waals surface area contributed by atoms with Crippen molar-refractivity contribution in [2.24, 2.45) is 0 Å². The molecule has 2 aromatic rings. The van der Waals surface area contributed by atoms with Gasteiger partial charge in [-0.2, -0.15) is 5.26 Å². The van der Waals surface area contributed by atoms with Gasteiger partial charge in [0.25, 0.3) is 0 Å². The van der Waals surface area contributed by atoms with E-state index in [9.17, 15) is 10.1 Å². The van der Waals surface area contributed by atoms with Gasteiger partial charge in [-0.05, 0) is 29.8 Å². The van der Waals surface area contributed by atoms with Crippen LogP contribution in [-0.2, 0) is 6.61 Å². The molecule has 2 rings (SSSR count). The van der Waals surface area contributed by atoms with Crippen LogP contribution in [0.3, 0.4) is 0 Å². The molecule has 6 heteroatoms. The molecule has 0 aliphatic heterocycles. The molecule has 0 saturated carbocycles. The van der Waals surface area contributed by atoms with Crippen molar-refractivity contribution < 1.29 is 9.66 Å². The number of rotatable bonds is 4. The van der Waals surface area contributed by atoms with Crippen LogP contribution in [0.1, 0.15) is 11.1 Å². The summed E-state index contributed by atoms with van der Waals surface area (Å²) in [5.74, 6) is 0.129. The highest BCUT2D eigenvalue weighted by Crippen LogP contribution is 2.28. The lowest BCUT2D eigenvalue weighted by molar-refractivity contribution is -0.386. The summed E-state index contributed by atoms with van der Waals surface area (Å²) in [5.41, 5.74) is 0.835. The zero-order valence-corrected chi connectivity index (χ0v) is 11.0. The van der Waals surface area contributed by atoms with Crippen LogP contribution < -0.4 is 4.74 Å². The molecule has 2 aromatic carbocycles. The van der Waals surface area contributed by atoms with Gasteiger partial charge in [0.15, 0.2) is 5.75 Å². The van der Waals surface area contributed by atoms with Gasteiger partial charge in [-0.15, -0.1) is 0 Å². The van der Waals surface area contributed by atoms with Gasteiger partial charge >= 0.3 is 5.69 Å². The molecule has 0 aliphatic rings. The average molecular weight is 289 g/mol. The third-order valence-corrected chi connectivity index (χ3v) is 2.84. The Balaban J connectivity index is 2.19. The lowest BCUT2D eigenvalue weighted by Gasteiger charge is -2.07. The van der Waals surface area contributed by atoms with Crippen molar-refractivity contribution in [2.75, 3.05) is 0 Å². The van der Waals surface area contributed by atoms with Crippen molar-refractivity contribution in [1.29, 1.82) is 5.26 Å². The predicted molar refractivity (Wildman–Crippen MR) is 73.6 cm³/mol. The largest absolute Gasteiger partial charge is 0.482 e. The molecular weight excluding hydrogens is 280 g/mol. The molecule has 0 spiro atoms. The van der Waals surface area contributed by atoms with Gasteiger partial charge in [0.1, 0.15) is 6.61 Å². The van der Waals surface area contributed by atoms with Gasteiger partial charge in [-0.25, -0.2) is 0 Å². The Labute approximate surface area is 120 Å². The molecule has 0 aliphatic carbocycles. The summed E-state index contributed by atoms with van der Waals surface area (Å²) >= 11 is 5.77. The van der Waals surface area contributed by atoms with E-state index in [1.54, 1.807) is 24.3 Å². The number of hydrogen-bond donors (Lipinski definition) is 0. The second-order valence-corrected chi connectivity index (χ2v) is 4.40. The van der Waals surface area contributed by atoms with E-state index in [1.807, 2.05) is 6.07 Å². The van der Waals surface area contributed by atoms with Crippen molar-refractivity contribution in [3.8, 4) is 11.8 Å². The maximum absolute atomic E-state index is 10.9. The summed E-state index contributed by atoms with van der Waals surface area (Å²) in [4.78, 5) is 10.4. The van der Waals surface area contributed by atoms with Crippen LogP contribution in [0.5, 0.6) is 5.75 Å². The van der Waals surface area contributed by atoms with E-state index >= 15 is 0 Å². The first-order valence-electron chi connectivity index (χ1n) is 5.66. The fraction of sp³-hybridized carbons (Fsp3) is 0.0714. The zero-order chi connectivity index (χ0) is 14.5. The van der Waals surface area contributed by atoms with Crippen molar-refractivity contribution in [3.63, 3.8) is 0 Å². The van der Waals surface area contributed by atoms with Crippen LogP contribution >= 0.6 is 11.6 Å². The lowest BCUT2D eigenvalue weighted by Crippen LogP contribution is -1.99. The Morgan fingerprint density at radius 1 is 1.25 bits per heavy atom. The van der Waals surface area contributed by atoms with Crippen molar-refractivity contribution in [3.05, 3.63) is 68.7 Å². The number of nitriles is 1. The summed E-state index contributed by atoms with van der Waals surface area (Å²) in [6, 6.07) is 12.9.